The van der Waals surface area contributed by atoms with E-state index in [0.29, 0.717) is 0 Å². The van der Waals surface area contributed by atoms with Gasteiger partial charge in [-0.25, -0.2) is 0 Å². The van der Waals surface area contributed by atoms with Gasteiger partial charge in [-0.1, -0.05) is 0 Å². The van der Waals surface area contributed by atoms with Gasteiger partial charge in [-0.2, -0.15) is 0 Å². The third-order valence-electron chi connectivity index (χ3n) is 0. The molecular formula is H9Ca3Cl3. The maximum absolute atomic E-state index is 0. The Balaban J connectivity index is 0. The van der Waals surface area contributed by atoms with Crippen LogP contribution in [0.2, 0.25) is 0 Å². The summed E-state index contributed by atoms with van der Waals surface area (Å²) in [6, 6.07) is 0. The molecule has 0 aliphatic carbocycles. The Morgan fingerprint density at radius 1 is 0.500 bits per heavy atom. The zero-order chi connectivity index (χ0) is 0. The van der Waals surface area contributed by atoms with Crippen LogP contribution in [0.15, 0.2) is 0 Å². The third-order valence-corrected chi connectivity index (χ3v) is 0. The predicted molar refractivity (Wildman–Crippen MR) is 45.7 cm³/mol. The average molecular weight is 236 g/mol. The van der Waals surface area contributed by atoms with Crippen molar-refractivity contribution in [3.8, 4) is 0 Å². The van der Waals surface area contributed by atoms with Gasteiger partial charge in [0.1, 0.15) is 0 Å². The molecule has 0 saturated heterocycles. The van der Waals surface area contributed by atoms with Crippen LogP contribution in [0.4, 0.5) is 0 Å². The summed E-state index contributed by atoms with van der Waals surface area (Å²) in [7, 11) is 0. The second-order valence-corrected chi connectivity index (χ2v) is 0. The van der Waals surface area contributed by atoms with E-state index in [2.05, 4.69) is 0 Å². The molecule has 0 nitrogen and oxygen atoms in total. The number of hydrogen-bond donors (Lipinski definition) is 0. The van der Waals surface area contributed by atoms with Crippen molar-refractivity contribution in [1.29, 1.82) is 0 Å². The van der Waals surface area contributed by atoms with E-state index in [-0.39, 0.29) is 159 Å². The summed E-state index contributed by atoms with van der Waals surface area (Å²) in [5.41, 5.74) is 0. The molecular weight excluding hydrogens is 227 g/mol. The minimum absolute atomic E-state index is 0. The standard InChI is InChI=1S/3Ca.3ClH.6H/h;;;3*1H;;;;;;/q3*+2;;;;6*-1. The number of rotatable bonds is 0. The molecule has 6 heavy (non-hydrogen) atoms. The van der Waals surface area contributed by atoms with Gasteiger partial charge in [-0.05, 0) is 0 Å². The largest absolute Gasteiger partial charge is 2.00 e. The molecule has 0 fully saturated rings. The van der Waals surface area contributed by atoms with Crippen LogP contribution < -0.4 is 0 Å². The fourth-order valence-electron chi connectivity index (χ4n) is 0. The molecule has 0 bridgehead atoms. The molecule has 0 aromatic heterocycles. The summed E-state index contributed by atoms with van der Waals surface area (Å²) < 4.78 is 0. The van der Waals surface area contributed by atoms with Crippen molar-refractivity contribution in [1.82, 2.24) is 0 Å². The zero-order valence-corrected chi connectivity index (χ0v) is 12.4. The van der Waals surface area contributed by atoms with Crippen molar-refractivity contribution in [3.63, 3.8) is 0 Å². The fourth-order valence-corrected chi connectivity index (χ4v) is 0. The van der Waals surface area contributed by atoms with E-state index in [1.165, 1.54) is 0 Å². The first kappa shape index (κ1) is 45.9. The second-order valence-electron chi connectivity index (χ2n) is 0. The molecule has 0 N–H and O–H groups in total. The molecule has 6 heteroatoms. The van der Waals surface area contributed by atoms with E-state index in [1.807, 2.05) is 0 Å². The van der Waals surface area contributed by atoms with Crippen LogP contribution in [-0.2, 0) is 0 Å². The summed E-state index contributed by atoms with van der Waals surface area (Å²) in [4.78, 5) is 0. The molecule has 0 rings (SSSR count). The van der Waals surface area contributed by atoms with Crippen LogP contribution >= 0.6 is 37.2 Å². The minimum atomic E-state index is 0. The maximum Gasteiger partial charge on any atom is 2.00 e. The Bertz CT molecular complexity index is 18.0. The van der Waals surface area contributed by atoms with Crippen molar-refractivity contribution in [2.24, 2.45) is 0 Å². The topological polar surface area (TPSA) is 0 Å². The van der Waals surface area contributed by atoms with Gasteiger partial charge in [0.15, 0.2) is 0 Å². The van der Waals surface area contributed by atoms with Crippen LogP contribution in [0.3, 0.4) is 0 Å². The molecule has 36 valence electrons. The first-order chi connectivity index (χ1) is 0. The quantitative estimate of drug-likeness (QED) is 0.545. The van der Waals surface area contributed by atoms with Crippen LogP contribution in [0, 0.1) is 0 Å². The summed E-state index contributed by atoms with van der Waals surface area (Å²) in [6.07, 6.45) is 0. The first-order valence-electron chi connectivity index (χ1n) is 0. The summed E-state index contributed by atoms with van der Waals surface area (Å²) >= 11 is 0. The first-order valence-corrected chi connectivity index (χ1v) is 0. The smallest absolute Gasteiger partial charge is 1.00 e. The Kier molecular flexibility index (Phi) is 255. The number of hydrogen-bond acceptors (Lipinski definition) is 0. The second kappa shape index (κ2) is 33.4. The zero-order valence-electron chi connectivity index (χ0n) is 9.35. The Morgan fingerprint density at radius 2 is 0.500 bits per heavy atom. The van der Waals surface area contributed by atoms with Crippen LogP contribution in [0.5, 0.6) is 0 Å². The fraction of sp³-hybridized carbons (Fsp3) is 0. The average Bonchev–Trinajstić information content (AvgIpc) is 0. The van der Waals surface area contributed by atoms with E-state index in [0.717, 1.165) is 0 Å². The van der Waals surface area contributed by atoms with E-state index >= 15 is 0 Å². The molecule has 0 heterocycles. The Labute approximate surface area is 155 Å². The van der Waals surface area contributed by atoms with Gasteiger partial charge in [0.25, 0.3) is 0 Å². The molecule has 0 saturated carbocycles. The van der Waals surface area contributed by atoms with Crippen molar-refractivity contribution in [3.05, 3.63) is 0 Å². The van der Waals surface area contributed by atoms with Crippen molar-refractivity contribution >= 4 is 150 Å². The van der Waals surface area contributed by atoms with Gasteiger partial charge in [0.05, 0.1) is 0 Å². The molecule has 0 aliphatic heterocycles. The van der Waals surface area contributed by atoms with E-state index in [4.69, 9.17) is 0 Å². The van der Waals surface area contributed by atoms with Gasteiger partial charge in [-0.3, -0.25) is 0 Å². The van der Waals surface area contributed by atoms with Crippen LogP contribution in [-0.4, -0.2) is 113 Å². The molecule has 0 aromatic rings. The molecule has 0 spiro atoms. The third kappa shape index (κ3) is 23.4. The summed E-state index contributed by atoms with van der Waals surface area (Å²) in [6.45, 7) is 0. The molecule has 0 amide bonds. The predicted octanol–water partition coefficient (Wildman–Crippen LogP) is 0.798. The Morgan fingerprint density at radius 3 is 0.500 bits per heavy atom. The SMILES string of the molecule is Cl.Cl.Cl.[Ca+2].[Ca+2].[Ca+2].[H-].[H-].[H-].[H-].[H-].[H-]. The van der Waals surface area contributed by atoms with Crippen molar-refractivity contribution in [2.45, 2.75) is 0 Å². The monoisotopic (exact) mass is 234 g/mol. The van der Waals surface area contributed by atoms with Gasteiger partial charge in [0, 0.05) is 0 Å². The van der Waals surface area contributed by atoms with E-state index < -0.39 is 0 Å². The van der Waals surface area contributed by atoms with E-state index in [1.54, 1.807) is 0 Å². The molecule has 0 aliphatic rings. The summed E-state index contributed by atoms with van der Waals surface area (Å²) in [5, 5.41) is 0. The van der Waals surface area contributed by atoms with Crippen LogP contribution in [0.25, 0.3) is 0 Å². The van der Waals surface area contributed by atoms with Crippen molar-refractivity contribution < 1.29 is 8.56 Å². The van der Waals surface area contributed by atoms with Gasteiger partial charge < -0.3 is 8.56 Å². The van der Waals surface area contributed by atoms with E-state index in [9.17, 15) is 0 Å². The van der Waals surface area contributed by atoms with Gasteiger partial charge in [0.2, 0.25) is 0 Å². The Hall–Kier alpha value is 4.65. The molecule has 0 radical (unpaired) electrons. The van der Waals surface area contributed by atoms with Gasteiger partial charge in [-0.15, -0.1) is 37.2 Å². The molecule has 0 atom stereocenters. The molecule has 0 unspecified atom stereocenters. The van der Waals surface area contributed by atoms with Crippen LogP contribution in [0.1, 0.15) is 8.56 Å². The number of halogens is 3. The maximum atomic E-state index is 0. The molecule has 0 aromatic carbocycles. The normalized spacial score (nSPS) is 0. The minimum Gasteiger partial charge on any atom is -1.00 e. The van der Waals surface area contributed by atoms with Crippen molar-refractivity contribution in [2.75, 3.05) is 0 Å². The van der Waals surface area contributed by atoms with Gasteiger partial charge >= 0.3 is 113 Å². The summed E-state index contributed by atoms with van der Waals surface area (Å²) in [5.74, 6) is 0.